The number of piperazine rings is 1. The van der Waals surface area contributed by atoms with E-state index >= 15 is 0 Å². The number of fused-ring (bicyclic) bond motifs is 2. The first-order valence-corrected chi connectivity index (χ1v) is 13.1. The third kappa shape index (κ3) is 6.13. The highest BCUT2D eigenvalue weighted by molar-refractivity contribution is 5.88. The van der Waals surface area contributed by atoms with Crippen molar-refractivity contribution in [2.75, 3.05) is 19.6 Å². The molecule has 1 aromatic rings. The summed E-state index contributed by atoms with van der Waals surface area (Å²) in [6, 6.07) is 4.14. The van der Waals surface area contributed by atoms with Crippen LogP contribution in [0.5, 0.6) is 0 Å². The molecule has 1 aromatic carbocycles. The van der Waals surface area contributed by atoms with Gasteiger partial charge in [0.1, 0.15) is 17.7 Å². The lowest BCUT2D eigenvalue weighted by Crippen LogP contribution is -2.59. The number of carbonyl (C=O) groups is 3. The van der Waals surface area contributed by atoms with Crippen molar-refractivity contribution < 1.29 is 32.3 Å². The Balaban J connectivity index is 1.49. The Morgan fingerprint density at radius 2 is 1.97 bits per heavy atom. The van der Waals surface area contributed by atoms with Crippen molar-refractivity contribution in [3.63, 3.8) is 0 Å². The van der Waals surface area contributed by atoms with Gasteiger partial charge in [-0.3, -0.25) is 14.5 Å². The zero-order chi connectivity index (χ0) is 28.7. The molecule has 3 amide bonds. The predicted octanol–water partition coefficient (Wildman–Crippen LogP) is 3.46. The number of halogens is 3. The zero-order valence-corrected chi connectivity index (χ0v) is 22.5. The van der Waals surface area contributed by atoms with E-state index in [1.165, 1.54) is 11.0 Å². The Morgan fingerprint density at radius 3 is 2.59 bits per heavy atom. The summed E-state index contributed by atoms with van der Waals surface area (Å²) in [7, 11) is 0. The van der Waals surface area contributed by atoms with Gasteiger partial charge in [0.25, 0.3) is 0 Å². The lowest BCUT2D eigenvalue weighted by molar-refractivity contribution is -0.141. The molecule has 0 aliphatic carbocycles. The lowest BCUT2D eigenvalue weighted by Gasteiger charge is -2.39. The van der Waals surface area contributed by atoms with Gasteiger partial charge in [0, 0.05) is 25.7 Å². The molecule has 3 saturated heterocycles. The van der Waals surface area contributed by atoms with E-state index in [1.54, 1.807) is 38.7 Å². The largest absolute Gasteiger partial charge is 0.444 e. The van der Waals surface area contributed by atoms with Gasteiger partial charge in [-0.25, -0.2) is 4.79 Å². The molecule has 39 heavy (non-hydrogen) atoms. The SMILES string of the molecule is C[C@@H](c1cccc(C(F)(F)F)c1)N1C(=O)[C@H]2CC1CN2C[C@H](NC(=O)OC(C)(C)C)C(=O)N1CCC[C@H]1C#N. The Kier molecular flexibility index (Phi) is 7.85. The van der Waals surface area contributed by atoms with Crippen LogP contribution in [0.25, 0.3) is 0 Å². The molecule has 0 radical (unpaired) electrons. The van der Waals surface area contributed by atoms with Crippen molar-refractivity contribution in [1.29, 1.82) is 5.26 Å². The maximum absolute atomic E-state index is 13.5. The first kappa shape index (κ1) is 28.7. The standard InChI is InChI=1S/C27H34F3N5O4/c1-16(17-7-5-8-18(11-17)27(28,29)30)35-20-12-22(24(35)37)33(14-20)15-21(32-25(38)39-26(2,3)4)23(36)34-10-6-9-19(34)13-31/h5,7-8,11,16,19-22H,6,9-10,12,14-15H2,1-4H3,(H,32,38)/t16-,19-,20?,21-,22+/m0/s1. The number of ether oxygens (including phenoxy) is 1. The number of nitrogens with zero attached hydrogens (tertiary/aromatic N) is 4. The fraction of sp³-hybridized carbons (Fsp3) is 0.630. The van der Waals surface area contributed by atoms with Crippen molar-refractivity contribution in [2.45, 2.75) is 88.9 Å². The minimum absolute atomic E-state index is 0.0470. The fourth-order valence-electron chi connectivity index (χ4n) is 5.77. The third-order valence-corrected chi connectivity index (χ3v) is 7.52. The van der Waals surface area contributed by atoms with Gasteiger partial charge in [0.2, 0.25) is 11.8 Å². The van der Waals surface area contributed by atoms with Gasteiger partial charge < -0.3 is 19.9 Å². The number of nitrogens with one attached hydrogen (secondary N) is 1. The lowest BCUT2D eigenvalue weighted by atomic mass is 10.0. The highest BCUT2D eigenvalue weighted by Crippen LogP contribution is 2.39. The van der Waals surface area contributed by atoms with E-state index in [9.17, 15) is 32.8 Å². The molecule has 2 bridgehead atoms. The molecule has 1 unspecified atom stereocenters. The second kappa shape index (κ2) is 10.7. The molecule has 5 atom stereocenters. The average Bonchev–Trinajstić information content (AvgIpc) is 3.55. The van der Waals surface area contributed by atoms with Crippen LogP contribution < -0.4 is 5.32 Å². The molecule has 212 valence electrons. The quantitative estimate of drug-likeness (QED) is 0.583. The Morgan fingerprint density at radius 1 is 1.26 bits per heavy atom. The molecule has 3 aliphatic rings. The van der Waals surface area contributed by atoms with Crippen molar-refractivity contribution in [1.82, 2.24) is 20.0 Å². The molecule has 4 rings (SSSR count). The van der Waals surface area contributed by atoms with Crippen LogP contribution in [0, 0.1) is 11.3 Å². The number of amides is 3. The predicted molar refractivity (Wildman–Crippen MR) is 134 cm³/mol. The maximum Gasteiger partial charge on any atom is 0.416 e. The van der Waals surface area contributed by atoms with Crippen molar-refractivity contribution in [3.05, 3.63) is 35.4 Å². The molecule has 9 nitrogen and oxygen atoms in total. The summed E-state index contributed by atoms with van der Waals surface area (Å²) >= 11 is 0. The monoisotopic (exact) mass is 549 g/mol. The zero-order valence-electron chi connectivity index (χ0n) is 22.5. The summed E-state index contributed by atoms with van der Waals surface area (Å²) in [5.74, 6) is -0.634. The van der Waals surface area contributed by atoms with Crippen molar-refractivity contribution >= 4 is 17.9 Å². The van der Waals surface area contributed by atoms with Crippen LogP contribution >= 0.6 is 0 Å². The van der Waals surface area contributed by atoms with Crippen LogP contribution in [0.4, 0.5) is 18.0 Å². The summed E-state index contributed by atoms with van der Waals surface area (Å²) in [6.07, 6.45) is -3.55. The smallest absolute Gasteiger partial charge is 0.416 e. The van der Waals surface area contributed by atoms with Gasteiger partial charge in [-0.15, -0.1) is 0 Å². The van der Waals surface area contributed by atoms with Crippen LogP contribution in [0.3, 0.4) is 0 Å². The van der Waals surface area contributed by atoms with Gasteiger partial charge >= 0.3 is 12.3 Å². The van der Waals surface area contributed by atoms with Gasteiger partial charge in [-0.1, -0.05) is 12.1 Å². The highest BCUT2D eigenvalue weighted by Gasteiger charge is 2.52. The molecule has 0 saturated carbocycles. The number of hydrogen-bond donors (Lipinski definition) is 1. The summed E-state index contributed by atoms with van der Waals surface area (Å²) in [5.41, 5.74) is -1.16. The van der Waals surface area contributed by atoms with Crippen molar-refractivity contribution in [3.8, 4) is 6.07 Å². The molecule has 0 spiro atoms. The topological polar surface area (TPSA) is 106 Å². The number of nitriles is 1. The summed E-state index contributed by atoms with van der Waals surface area (Å²) in [4.78, 5) is 44.4. The molecule has 0 aromatic heterocycles. The molecule has 3 fully saturated rings. The molecular weight excluding hydrogens is 515 g/mol. The molecular formula is C27H34F3N5O4. The van der Waals surface area contributed by atoms with Crippen LogP contribution in [0.15, 0.2) is 24.3 Å². The van der Waals surface area contributed by atoms with E-state index in [2.05, 4.69) is 11.4 Å². The Bertz CT molecular complexity index is 1160. The van der Waals surface area contributed by atoms with E-state index in [-0.39, 0.29) is 18.5 Å². The average molecular weight is 550 g/mol. The van der Waals surface area contributed by atoms with Gasteiger partial charge in [-0.05, 0) is 64.7 Å². The maximum atomic E-state index is 13.5. The van der Waals surface area contributed by atoms with Crippen LogP contribution in [-0.4, -0.2) is 82.0 Å². The van der Waals surface area contributed by atoms with Gasteiger partial charge in [0.15, 0.2) is 0 Å². The summed E-state index contributed by atoms with van der Waals surface area (Å²) in [6.45, 7) is 7.67. The molecule has 12 heteroatoms. The van der Waals surface area contributed by atoms with Crippen LogP contribution in [0.2, 0.25) is 0 Å². The molecule has 1 N–H and O–H groups in total. The fourth-order valence-corrected chi connectivity index (χ4v) is 5.77. The summed E-state index contributed by atoms with van der Waals surface area (Å²) < 4.78 is 45.1. The van der Waals surface area contributed by atoms with Crippen LogP contribution in [-0.2, 0) is 20.5 Å². The van der Waals surface area contributed by atoms with E-state index in [0.29, 0.717) is 37.9 Å². The normalized spacial score (nSPS) is 25.0. The minimum atomic E-state index is -4.48. The number of alkyl carbamates (subject to hydrolysis) is 1. The van der Waals surface area contributed by atoms with Gasteiger partial charge in [0.05, 0.1) is 23.7 Å². The Hall–Kier alpha value is -3.33. The second-order valence-electron chi connectivity index (χ2n) is 11.4. The highest BCUT2D eigenvalue weighted by atomic mass is 19.4. The number of hydrogen-bond acceptors (Lipinski definition) is 6. The van der Waals surface area contributed by atoms with E-state index < -0.39 is 53.5 Å². The van der Waals surface area contributed by atoms with E-state index in [0.717, 1.165) is 12.1 Å². The first-order valence-electron chi connectivity index (χ1n) is 13.1. The molecule has 3 heterocycles. The first-order chi connectivity index (χ1) is 18.2. The number of alkyl halides is 3. The summed E-state index contributed by atoms with van der Waals surface area (Å²) in [5, 5.41) is 12.1. The Labute approximate surface area is 225 Å². The number of carbonyl (C=O) groups excluding carboxylic acids is 3. The van der Waals surface area contributed by atoms with E-state index in [4.69, 9.17) is 4.74 Å². The minimum Gasteiger partial charge on any atom is -0.444 e. The van der Waals surface area contributed by atoms with Gasteiger partial charge in [-0.2, -0.15) is 18.4 Å². The number of rotatable bonds is 6. The van der Waals surface area contributed by atoms with Crippen LogP contribution in [0.1, 0.15) is 64.1 Å². The third-order valence-electron chi connectivity index (χ3n) is 7.52. The molecule has 3 aliphatic heterocycles. The van der Waals surface area contributed by atoms with Crippen molar-refractivity contribution in [2.24, 2.45) is 0 Å². The van der Waals surface area contributed by atoms with E-state index in [1.807, 2.05) is 4.90 Å². The second-order valence-corrected chi connectivity index (χ2v) is 11.4. The number of likely N-dealkylation sites (tertiary alicyclic amines) is 3. The number of benzene rings is 1.